The van der Waals surface area contributed by atoms with Crippen LogP contribution in [0.25, 0.3) is 0 Å². The number of aliphatic carboxylic acids is 1. The summed E-state index contributed by atoms with van der Waals surface area (Å²) in [5.41, 5.74) is 10.3. The first-order chi connectivity index (χ1) is 5.83. The highest BCUT2D eigenvalue weighted by molar-refractivity contribution is 7.92. The highest BCUT2D eigenvalue weighted by Gasteiger charge is 2.31. The molecule has 86 valence electrons. The zero-order valence-electron chi connectivity index (χ0n) is 7.71. The molecule has 0 aromatic rings. The van der Waals surface area contributed by atoms with E-state index in [4.69, 9.17) is 16.6 Å². The van der Waals surface area contributed by atoms with E-state index in [0.717, 1.165) is 0 Å². The Kier molecular flexibility index (Phi) is 7.09. The van der Waals surface area contributed by atoms with Crippen molar-refractivity contribution in [2.45, 2.75) is 24.8 Å². The Labute approximate surface area is 89.0 Å². The van der Waals surface area contributed by atoms with Gasteiger partial charge in [-0.15, -0.1) is 12.4 Å². The molecule has 2 atom stereocenters. The highest BCUT2D eigenvalue weighted by atomic mass is 35.5. The molecule has 2 unspecified atom stereocenters. The first-order valence-corrected chi connectivity index (χ1v) is 5.50. The van der Waals surface area contributed by atoms with Gasteiger partial charge in [-0.1, -0.05) is 6.92 Å². The smallest absolute Gasteiger partial charge is 0.323 e. The van der Waals surface area contributed by atoms with Gasteiger partial charge in [-0.3, -0.25) is 4.79 Å². The van der Waals surface area contributed by atoms with E-state index in [1.54, 1.807) is 6.92 Å². The molecule has 0 aliphatic rings. The highest BCUT2D eigenvalue weighted by Crippen LogP contribution is 2.02. The second-order valence-electron chi connectivity index (χ2n) is 2.70. The van der Waals surface area contributed by atoms with Crippen LogP contribution in [0.2, 0.25) is 0 Å². The number of rotatable bonds is 5. The Bertz CT molecular complexity index is 280. The SMILES string of the molecule is CCCS(=O)(=O)C(N)C(N)C(=O)O.Cl. The summed E-state index contributed by atoms with van der Waals surface area (Å²) in [6.07, 6.45) is 0.391. The maximum absolute atomic E-state index is 11.2. The van der Waals surface area contributed by atoms with Gasteiger partial charge in [-0.2, -0.15) is 0 Å². The van der Waals surface area contributed by atoms with Crippen LogP contribution in [-0.4, -0.2) is 36.7 Å². The van der Waals surface area contributed by atoms with Crippen LogP contribution in [0, 0.1) is 0 Å². The number of hydrogen-bond acceptors (Lipinski definition) is 5. The van der Waals surface area contributed by atoms with E-state index in [2.05, 4.69) is 0 Å². The van der Waals surface area contributed by atoms with Gasteiger partial charge in [0.05, 0.1) is 5.75 Å². The molecule has 14 heavy (non-hydrogen) atoms. The molecule has 0 fully saturated rings. The Hall–Kier alpha value is -0.370. The van der Waals surface area contributed by atoms with E-state index in [-0.39, 0.29) is 18.2 Å². The van der Waals surface area contributed by atoms with Crippen molar-refractivity contribution < 1.29 is 18.3 Å². The molecule has 0 saturated heterocycles. The van der Waals surface area contributed by atoms with Gasteiger partial charge in [0, 0.05) is 0 Å². The molecule has 0 radical (unpaired) electrons. The number of halogens is 1. The Balaban J connectivity index is 0. The summed E-state index contributed by atoms with van der Waals surface area (Å²) in [6, 6.07) is -1.56. The maximum Gasteiger partial charge on any atom is 0.323 e. The van der Waals surface area contributed by atoms with Crippen LogP contribution in [-0.2, 0) is 14.6 Å². The van der Waals surface area contributed by atoms with Crippen molar-refractivity contribution in [1.29, 1.82) is 0 Å². The van der Waals surface area contributed by atoms with Crippen LogP contribution in [0.4, 0.5) is 0 Å². The minimum absolute atomic E-state index is 0. The van der Waals surface area contributed by atoms with Gasteiger partial charge < -0.3 is 16.6 Å². The summed E-state index contributed by atoms with van der Waals surface area (Å²) < 4.78 is 22.4. The summed E-state index contributed by atoms with van der Waals surface area (Å²) in [5, 5.41) is 6.89. The maximum atomic E-state index is 11.2. The fourth-order valence-electron chi connectivity index (χ4n) is 0.784. The zero-order chi connectivity index (χ0) is 10.6. The summed E-state index contributed by atoms with van der Waals surface area (Å²) >= 11 is 0. The number of carbonyl (C=O) groups is 1. The molecule has 0 spiro atoms. The van der Waals surface area contributed by atoms with Crippen molar-refractivity contribution in [2.24, 2.45) is 11.5 Å². The summed E-state index contributed by atoms with van der Waals surface area (Å²) in [5.74, 6) is -1.55. The van der Waals surface area contributed by atoms with Crippen LogP contribution in [0.15, 0.2) is 0 Å². The first kappa shape index (κ1) is 16.1. The lowest BCUT2D eigenvalue weighted by molar-refractivity contribution is -0.138. The molecule has 0 aromatic heterocycles. The van der Waals surface area contributed by atoms with Gasteiger partial charge in [0.15, 0.2) is 9.84 Å². The third-order valence-corrected chi connectivity index (χ3v) is 3.64. The number of sulfone groups is 1. The Morgan fingerprint density at radius 1 is 1.43 bits per heavy atom. The van der Waals surface area contributed by atoms with Crippen molar-refractivity contribution >= 4 is 28.2 Å². The molecule has 0 bridgehead atoms. The fraction of sp³-hybridized carbons (Fsp3) is 0.833. The largest absolute Gasteiger partial charge is 0.480 e. The average molecular weight is 247 g/mol. The van der Waals surface area contributed by atoms with Crippen molar-refractivity contribution in [3.05, 3.63) is 0 Å². The van der Waals surface area contributed by atoms with Gasteiger partial charge in [0.1, 0.15) is 11.4 Å². The Morgan fingerprint density at radius 3 is 2.14 bits per heavy atom. The number of hydrogen-bond donors (Lipinski definition) is 3. The summed E-state index contributed by atoms with van der Waals surface area (Å²) in [7, 11) is -3.58. The lowest BCUT2D eigenvalue weighted by Crippen LogP contribution is -2.52. The zero-order valence-corrected chi connectivity index (χ0v) is 9.35. The monoisotopic (exact) mass is 246 g/mol. The van der Waals surface area contributed by atoms with Crippen molar-refractivity contribution in [1.82, 2.24) is 0 Å². The van der Waals surface area contributed by atoms with Crippen molar-refractivity contribution in [2.75, 3.05) is 5.75 Å². The standard InChI is InChI=1S/C6H14N2O4S.ClH/c1-2-3-13(11,12)5(8)4(7)6(9)10;/h4-5H,2-3,7-8H2,1H3,(H,9,10);1H. The van der Waals surface area contributed by atoms with Crippen LogP contribution < -0.4 is 11.5 Å². The van der Waals surface area contributed by atoms with Crippen molar-refractivity contribution in [3.63, 3.8) is 0 Å². The molecule has 0 rings (SSSR count). The summed E-state index contributed by atoms with van der Waals surface area (Å²) in [4.78, 5) is 10.3. The van der Waals surface area contributed by atoms with E-state index in [9.17, 15) is 13.2 Å². The van der Waals surface area contributed by atoms with Crippen molar-refractivity contribution in [3.8, 4) is 0 Å². The second-order valence-corrected chi connectivity index (χ2v) is 4.97. The molecular formula is C6H15ClN2O4S. The van der Waals surface area contributed by atoms with E-state index in [1.165, 1.54) is 0 Å². The predicted octanol–water partition coefficient (Wildman–Crippen LogP) is -1.07. The third-order valence-electron chi connectivity index (χ3n) is 1.54. The lowest BCUT2D eigenvalue weighted by Gasteiger charge is -2.15. The van der Waals surface area contributed by atoms with E-state index < -0.39 is 27.2 Å². The molecule has 0 aromatic carbocycles. The number of carboxylic acids is 1. The quantitative estimate of drug-likeness (QED) is 0.568. The second kappa shape index (κ2) is 6.18. The van der Waals surface area contributed by atoms with Crippen LogP contribution in [0.1, 0.15) is 13.3 Å². The van der Waals surface area contributed by atoms with Gasteiger partial charge in [0.2, 0.25) is 0 Å². The molecule has 8 heteroatoms. The van der Waals surface area contributed by atoms with Crippen LogP contribution >= 0.6 is 12.4 Å². The molecule has 0 aliphatic carbocycles. The van der Waals surface area contributed by atoms with E-state index >= 15 is 0 Å². The van der Waals surface area contributed by atoms with Gasteiger partial charge in [0.25, 0.3) is 0 Å². The summed E-state index contributed by atoms with van der Waals surface area (Å²) in [6.45, 7) is 1.66. The fourth-order valence-corrected chi connectivity index (χ4v) is 2.19. The molecule has 0 amide bonds. The molecular weight excluding hydrogens is 232 g/mol. The van der Waals surface area contributed by atoms with Gasteiger partial charge >= 0.3 is 5.97 Å². The topological polar surface area (TPSA) is 123 Å². The average Bonchev–Trinajstić information content (AvgIpc) is 2.01. The first-order valence-electron chi connectivity index (χ1n) is 3.78. The minimum atomic E-state index is -3.58. The molecule has 6 nitrogen and oxygen atoms in total. The molecule has 5 N–H and O–H groups in total. The van der Waals surface area contributed by atoms with E-state index in [1.807, 2.05) is 0 Å². The third kappa shape index (κ3) is 4.23. The molecule has 0 heterocycles. The Morgan fingerprint density at radius 2 is 1.86 bits per heavy atom. The minimum Gasteiger partial charge on any atom is -0.480 e. The molecule has 0 saturated carbocycles. The van der Waals surface area contributed by atoms with Crippen LogP contribution in [0.5, 0.6) is 0 Å². The molecule has 0 aliphatic heterocycles. The van der Waals surface area contributed by atoms with Crippen LogP contribution in [0.3, 0.4) is 0 Å². The van der Waals surface area contributed by atoms with Gasteiger partial charge in [-0.25, -0.2) is 8.42 Å². The normalized spacial score (nSPS) is 15.4. The van der Waals surface area contributed by atoms with Gasteiger partial charge in [-0.05, 0) is 6.42 Å². The predicted molar refractivity (Wildman–Crippen MR) is 54.9 cm³/mol. The number of carboxylic acid groups (broad SMARTS) is 1. The van der Waals surface area contributed by atoms with E-state index in [0.29, 0.717) is 6.42 Å². The number of nitrogens with two attached hydrogens (primary N) is 2. The lowest BCUT2D eigenvalue weighted by atomic mass is 10.3.